The first-order valence-corrected chi connectivity index (χ1v) is 10.6. The number of nitrogens with one attached hydrogen (secondary N) is 2. The van der Waals surface area contributed by atoms with Gasteiger partial charge in [0.15, 0.2) is 0 Å². The van der Waals surface area contributed by atoms with Crippen LogP contribution in [-0.2, 0) is 13.0 Å². The van der Waals surface area contributed by atoms with Crippen LogP contribution in [0.15, 0.2) is 84.9 Å². The second kappa shape index (κ2) is 8.28. The van der Waals surface area contributed by atoms with E-state index in [1.807, 2.05) is 78.9 Å². The maximum absolute atomic E-state index is 13.4. The summed E-state index contributed by atoms with van der Waals surface area (Å²) < 4.78 is 0. The van der Waals surface area contributed by atoms with Crippen LogP contribution in [-0.4, -0.2) is 33.7 Å². The van der Waals surface area contributed by atoms with E-state index < -0.39 is 0 Å². The number of aliphatic hydroxyl groups is 1. The van der Waals surface area contributed by atoms with E-state index in [0.29, 0.717) is 13.0 Å². The van der Waals surface area contributed by atoms with Crippen molar-refractivity contribution in [3.05, 3.63) is 107 Å². The third kappa shape index (κ3) is 3.68. The summed E-state index contributed by atoms with van der Waals surface area (Å²) in [5.41, 5.74) is 5.34. The third-order valence-electron chi connectivity index (χ3n) is 6.12. The number of nitrogens with zero attached hydrogens (tertiary/aromatic N) is 1. The number of H-pyrrole nitrogens is 1. The summed E-state index contributed by atoms with van der Waals surface area (Å²) in [5, 5.41) is 14.5. The van der Waals surface area contributed by atoms with E-state index in [1.165, 1.54) is 10.9 Å². The third-order valence-corrected chi connectivity index (χ3v) is 6.12. The van der Waals surface area contributed by atoms with E-state index in [9.17, 15) is 9.90 Å². The molecule has 2 amide bonds. The van der Waals surface area contributed by atoms with Gasteiger partial charge >= 0.3 is 6.03 Å². The highest BCUT2D eigenvalue weighted by molar-refractivity contribution is 5.85. The maximum Gasteiger partial charge on any atom is 0.318 e. The van der Waals surface area contributed by atoms with Crippen molar-refractivity contribution in [1.29, 1.82) is 0 Å². The Bertz CT molecular complexity index is 1150. The zero-order chi connectivity index (χ0) is 21.2. The number of hydrogen-bond donors (Lipinski definition) is 3. The fraction of sp³-hybridized carbons (Fsp3) is 0.192. The second-order valence-corrected chi connectivity index (χ2v) is 8.00. The second-order valence-electron chi connectivity index (χ2n) is 8.00. The predicted octanol–water partition coefficient (Wildman–Crippen LogP) is 4.39. The molecular formula is C26H25N3O2. The van der Waals surface area contributed by atoms with E-state index in [0.717, 1.165) is 22.3 Å². The summed E-state index contributed by atoms with van der Waals surface area (Å²) in [5.74, 6) is 0. The molecule has 2 heterocycles. The van der Waals surface area contributed by atoms with Crippen LogP contribution in [0.1, 0.15) is 28.4 Å². The first kappa shape index (κ1) is 19.4. The molecule has 5 nitrogen and oxygen atoms in total. The SMILES string of the molecule is O=C(NC(c1ccccc1)c1ccccc1)N1Cc2[nH]c3ccccc3c2CC1CO. The zero-order valence-electron chi connectivity index (χ0n) is 17.2. The largest absolute Gasteiger partial charge is 0.394 e. The van der Waals surface area contributed by atoms with Crippen molar-refractivity contribution < 1.29 is 9.90 Å². The molecule has 0 spiro atoms. The quantitative estimate of drug-likeness (QED) is 0.466. The van der Waals surface area contributed by atoms with Crippen molar-refractivity contribution >= 4 is 16.9 Å². The molecule has 5 rings (SSSR count). The molecule has 0 radical (unpaired) electrons. The lowest BCUT2D eigenvalue weighted by molar-refractivity contribution is 0.119. The van der Waals surface area contributed by atoms with Gasteiger partial charge in [-0.05, 0) is 29.2 Å². The van der Waals surface area contributed by atoms with E-state index >= 15 is 0 Å². The molecule has 0 saturated carbocycles. The number of aromatic amines is 1. The molecule has 3 N–H and O–H groups in total. The molecular weight excluding hydrogens is 386 g/mol. The van der Waals surface area contributed by atoms with Gasteiger partial charge in [-0.25, -0.2) is 4.79 Å². The molecule has 1 aliphatic heterocycles. The van der Waals surface area contributed by atoms with Crippen molar-refractivity contribution in [2.24, 2.45) is 0 Å². The van der Waals surface area contributed by atoms with Gasteiger partial charge in [0.1, 0.15) is 0 Å². The van der Waals surface area contributed by atoms with Gasteiger partial charge in [-0.2, -0.15) is 0 Å². The number of hydrogen-bond acceptors (Lipinski definition) is 2. The van der Waals surface area contributed by atoms with Crippen molar-refractivity contribution in [2.45, 2.75) is 25.0 Å². The fourth-order valence-corrected chi connectivity index (χ4v) is 4.53. The normalized spacial score (nSPS) is 15.8. The lowest BCUT2D eigenvalue weighted by atomic mass is 9.96. The molecule has 1 aromatic heterocycles. The van der Waals surface area contributed by atoms with Crippen LogP contribution in [0.5, 0.6) is 0 Å². The highest BCUT2D eigenvalue weighted by atomic mass is 16.3. The summed E-state index contributed by atoms with van der Waals surface area (Å²) in [6, 6.07) is 27.4. The van der Waals surface area contributed by atoms with Gasteiger partial charge in [-0.3, -0.25) is 0 Å². The summed E-state index contributed by atoms with van der Waals surface area (Å²) in [6.07, 6.45) is 0.630. The fourth-order valence-electron chi connectivity index (χ4n) is 4.53. The van der Waals surface area contributed by atoms with Crippen molar-refractivity contribution in [2.75, 3.05) is 6.61 Å². The molecule has 0 fully saturated rings. The summed E-state index contributed by atoms with van der Waals surface area (Å²) in [4.78, 5) is 18.6. The molecule has 3 aromatic carbocycles. The Morgan fingerprint density at radius 2 is 1.58 bits per heavy atom. The van der Waals surface area contributed by atoms with Crippen LogP contribution in [0.3, 0.4) is 0 Å². The topological polar surface area (TPSA) is 68.4 Å². The van der Waals surface area contributed by atoms with Crippen LogP contribution in [0.4, 0.5) is 4.79 Å². The number of rotatable bonds is 4. The van der Waals surface area contributed by atoms with E-state index in [2.05, 4.69) is 16.4 Å². The molecule has 0 aliphatic carbocycles. The van der Waals surface area contributed by atoms with Gasteiger partial charge in [0.2, 0.25) is 0 Å². The number of fused-ring (bicyclic) bond motifs is 3. The molecule has 1 unspecified atom stereocenters. The summed E-state index contributed by atoms with van der Waals surface area (Å²) in [7, 11) is 0. The molecule has 1 atom stereocenters. The molecule has 156 valence electrons. The molecule has 5 heteroatoms. The van der Waals surface area contributed by atoms with Crippen molar-refractivity contribution in [3.8, 4) is 0 Å². The first-order chi connectivity index (χ1) is 15.2. The minimum atomic E-state index is -0.265. The highest BCUT2D eigenvalue weighted by Gasteiger charge is 2.32. The number of carbonyl (C=O) groups excluding carboxylic acids is 1. The van der Waals surface area contributed by atoms with E-state index in [1.54, 1.807) is 4.90 Å². The number of aromatic nitrogens is 1. The summed E-state index contributed by atoms with van der Waals surface area (Å²) >= 11 is 0. The molecule has 1 aliphatic rings. The van der Waals surface area contributed by atoms with Gasteiger partial charge in [0, 0.05) is 16.6 Å². The smallest absolute Gasteiger partial charge is 0.318 e. The van der Waals surface area contributed by atoms with Crippen LogP contribution in [0.25, 0.3) is 10.9 Å². The summed E-state index contributed by atoms with van der Waals surface area (Å²) in [6.45, 7) is 0.366. The Morgan fingerprint density at radius 3 is 2.23 bits per heavy atom. The Morgan fingerprint density at radius 1 is 0.968 bits per heavy atom. The average molecular weight is 412 g/mol. The zero-order valence-corrected chi connectivity index (χ0v) is 17.2. The number of urea groups is 1. The van der Waals surface area contributed by atoms with Gasteiger partial charge < -0.3 is 20.3 Å². The van der Waals surface area contributed by atoms with Crippen LogP contribution < -0.4 is 5.32 Å². The predicted molar refractivity (Wildman–Crippen MR) is 122 cm³/mol. The Hall–Kier alpha value is -3.57. The van der Waals surface area contributed by atoms with Crippen LogP contribution in [0.2, 0.25) is 0 Å². The molecule has 0 bridgehead atoms. The standard InChI is InChI=1S/C26H25N3O2/c30-17-20-15-22-21-13-7-8-14-23(21)27-24(22)16-29(20)26(31)28-25(18-9-3-1-4-10-18)19-11-5-2-6-12-19/h1-14,20,25,27,30H,15-17H2,(H,28,31). The average Bonchev–Trinajstić information content (AvgIpc) is 3.20. The highest BCUT2D eigenvalue weighted by Crippen LogP contribution is 2.31. The van der Waals surface area contributed by atoms with Gasteiger partial charge in [0.25, 0.3) is 0 Å². The Kier molecular flexibility index (Phi) is 5.18. The number of aliphatic hydroxyl groups excluding tert-OH is 1. The maximum atomic E-state index is 13.4. The number of para-hydroxylation sites is 1. The van der Waals surface area contributed by atoms with Gasteiger partial charge in [-0.1, -0.05) is 78.9 Å². The van der Waals surface area contributed by atoms with Gasteiger partial charge in [0.05, 0.1) is 25.2 Å². The monoisotopic (exact) mass is 411 g/mol. The van der Waals surface area contributed by atoms with Crippen molar-refractivity contribution in [3.63, 3.8) is 0 Å². The lowest BCUT2D eigenvalue weighted by Crippen LogP contribution is -2.51. The molecule has 0 saturated heterocycles. The number of amides is 2. The van der Waals surface area contributed by atoms with Gasteiger partial charge in [-0.15, -0.1) is 0 Å². The van der Waals surface area contributed by atoms with Crippen LogP contribution >= 0.6 is 0 Å². The van der Waals surface area contributed by atoms with E-state index in [4.69, 9.17) is 0 Å². The number of benzene rings is 3. The van der Waals surface area contributed by atoms with Crippen LogP contribution in [0, 0.1) is 0 Å². The van der Waals surface area contributed by atoms with E-state index in [-0.39, 0.29) is 24.7 Å². The number of carbonyl (C=O) groups is 1. The lowest BCUT2D eigenvalue weighted by Gasteiger charge is -2.36. The molecule has 4 aromatic rings. The minimum absolute atomic E-state index is 0.0757. The van der Waals surface area contributed by atoms with Crippen molar-refractivity contribution in [1.82, 2.24) is 15.2 Å². The Balaban J connectivity index is 1.45. The molecule has 31 heavy (non-hydrogen) atoms. The minimum Gasteiger partial charge on any atom is -0.394 e. The first-order valence-electron chi connectivity index (χ1n) is 10.6. The Labute approximate surface area is 181 Å².